The molecule has 0 atom stereocenters. The average Bonchev–Trinajstić information content (AvgIpc) is 2.15. The van der Waals surface area contributed by atoms with E-state index < -0.39 is 24.3 Å². The molecule has 0 saturated carbocycles. The quantitative estimate of drug-likeness (QED) is 0.673. The maximum atomic E-state index is 12.2. The highest BCUT2D eigenvalue weighted by Crippen LogP contribution is 2.19. The Bertz CT molecular complexity index is 272. The van der Waals surface area contributed by atoms with Gasteiger partial charge in [-0.3, -0.25) is 4.79 Å². The van der Waals surface area contributed by atoms with Crippen molar-refractivity contribution in [1.29, 1.82) is 0 Å². The lowest BCUT2D eigenvalue weighted by molar-refractivity contribution is -0.139. The van der Waals surface area contributed by atoms with Crippen LogP contribution < -0.4 is 5.73 Å². The van der Waals surface area contributed by atoms with Crippen LogP contribution in [0.3, 0.4) is 0 Å². The van der Waals surface area contributed by atoms with E-state index in [2.05, 4.69) is 0 Å². The minimum absolute atomic E-state index is 0.0605. The summed E-state index contributed by atoms with van der Waals surface area (Å²) in [6, 6.07) is 0. The predicted molar refractivity (Wildman–Crippen MR) is 60.2 cm³/mol. The molecular formula is C9H16F2N2O2S. The fraction of sp³-hybridized carbons (Fsp3) is 0.778. The van der Waals surface area contributed by atoms with E-state index in [-0.39, 0.29) is 18.1 Å². The van der Waals surface area contributed by atoms with Gasteiger partial charge in [-0.25, -0.2) is 8.78 Å². The summed E-state index contributed by atoms with van der Waals surface area (Å²) < 4.78 is 24.4. The van der Waals surface area contributed by atoms with Gasteiger partial charge in [0.2, 0.25) is 5.91 Å². The van der Waals surface area contributed by atoms with Gasteiger partial charge in [0.25, 0.3) is 6.43 Å². The van der Waals surface area contributed by atoms with Crippen LogP contribution in [-0.4, -0.2) is 47.0 Å². The normalized spacial score (nSPS) is 11.6. The van der Waals surface area contributed by atoms with Crippen molar-refractivity contribution in [2.24, 2.45) is 11.1 Å². The third kappa shape index (κ3) is 3.97. The summed E-state index contributed by atoms with van der Waals surface area (Å²) in [5.74, 6) is -0.602. The molecule has 0 rings (SSSR count). The molecule has 0 heterocycles. The van der Waals surface area contributed by atoms with Gasteiger partial charge < -0.3 is 15.7 Å². The topological polar surface area (TPSA) is 66.6 Å². The molecule has 94 valence electrons. The van der Waals surface area contributed by atoms with Crippen LogP contribution in [0.25, 0.3) is 0 Å². The number of alkyl halides is 2. The Kier molecular flexibility index (Phi) is 5.74. The summed E-state index contributed by atoms with van der Waals surface area (Å²) in [5.41, 5.74) is 4.19. The van der Waals surface area contributed by atoms with Gasteiger partial charge in [0.15, 0.2) is 0 Å². The second-order valence-corrected chi connectivity index (χ2v) is 4.29. The van der Waals surface area contributed by atoms with Gasteiger partial charge in [0.1, 0.15) is 0 Å². The molecule has 16 heavy (non-hydrogen) atoms. The molecule has 3 N–H and O–H groups in total. The maximum Gasteiger partial charge on any atom is 0.255 e. The summed E-state index contributed by atoms with van der Waals surface area (Å²) in [5, 5.41) is 8.70. The molecule has 4 nitrogen and oxygen atoms in total. The molecule has 0 aromatic carbocycles. The van der Waals surface area contributed by atoms with Crippen molar-refractivity contribution in [1.82, 2.24) is 4.90 Å². The number of aliphatic hydroxyl groups excluding tert-OH is 1. The Morgan fingerprint density at radius 2 is 2.06 bits per heavy atom. The molecule has 0 fully saturated rings. The van der Waals surface area contributed by atoms with Gasteiger partial charge in [0, 0.05) is 6.54 Å². The van der Waals surface area contributed by atoms with E-state index in [9.17, 15) is 13.6 Å². The number of amides is 1. The molecule has 1 amide bonds. The number of hydrogen-bond donors (Lipinski definition) is 2. The summed E-state index contributed by atoms with van der Waals surface area (Å²) in [4.78, 5) is 12.7. The van der Waals surface area contributed by atoms with Crippen molar-refractivity contribution < 1.29 is 18.7 Å². The van der Waals surface area contributed by atoms with E-state index in [0.717, 1.165) is 4.90 Å². The van der Waals surface area contributed by atoms with Gasteiger partial charge in [-0.05, 0) is 13.8 Å². The molecule has 0 aliphatic carbocycles. The summed E-state index contributed by atoms with van der Waals surface area (Å²) >= 11 is 4.71. The highest BCUT2D eigenvalue weighted by molar-refractivity contribution is 7.80. The third-order valence-corrected chi connectivity index (χ3v) is 2.68. The molecule has 0 aliphatic rings. The first kappa shape index (κ1) is 15.2. The van der Waals surface area contributed by atoms with Crippen molar-refractivity contribution in [3.05, 3.63) is 0 Å². The summed E-state index contributed by atoms with van der Waals surface area (Å²) in [7, 11) is 0. The lowest BCUT2D eigenvalue weighted by Gasteiger charge is -2.30. The SMILES string of the molecule is CC(C)(C(=O)N(CCO)CC(F)F)C(N)=S. The third-order valence-electron chi connectivity index (χ3n) is 2.17. The second kappa shape index (κ2) is 6.05. The van der Waals surface area contributed by atoms with Crippen LogP contribution in [0.5, 0.6) is 0 Å². The smallest absolute Gasteiger partial charge is 0.255 e. The Morgan fingerprint density at radius 1 is 1.56 bits per heavy atom. The van der Waals surface area contributed by atoms with Gasteiger partial charge in [-0.2, -0.15) is 0 Å². The molecule has 0 aromatic heterocycles. The number of aliphatic hydroxyl groups is 1. The molecule has 0 radical (unpaired) electrons. The Labute approximate surface area is 98.4 Å². The highest BCUT2D eigenvalue weighted by atomic mass is 32.1. The van der Waals surface area contributed by atoms with Crippen LogP contribution in [-0.2, 0) is 4.79 Å². The van der Waals surface area contributed by atoms with Crippen LogP contribution in [0, 0.1) is 5.41 Å². The summed E-state index contributed by atoms with van der Waals surface area (Å²) in [6.07, 6.45) is -2.65. The number of carbonyl (C=O) groups excluding carboxylic acids is 1. The molecule has 0 aliphatic heterocycles. The van der Waals surface area contributed by atoms with E-state index in [1.165, 1.54) is 13.8 Å². The van der Waals surface area contributed by atoms with Gasteiger partial charge in [0.05, 0.1) is 23.6 Å². The molecular weight excluding hydrogens is 238 g/mol. The minimum Gasteiger partial charge on any atom is -0.395 e. The number of hydrogen-bond acceptors (Lipinski definition) is 3. The minimum atomic E-state index is -2.65. The highest BCUT2D eigenvalue weighted by Gasteiger charge is 2.35. The Hall–Kier alpha value is -0.820. The lowest BCUT2D eigenvalue weighted by Crippen LogP contribution is -2.49. The van der Waals surface area contributed by atoms with Crippen molar-refractivity contribution in [2.45, 2.75) is 20.3 Å². The van der Waals surface area contributed by atoms with Gasteiger partial charge >= 0.3 is 0 Å². The van der Waals surface area contributed by atoms with Crippen LogP contribution in [0.2, 0.25) is 0 Å². The fourth-order valence-electron chi connectivity index (χ4n) is 1.06. The first-order valence-corrected chi connectivity index (χ1v) is 5.12. The van der Waals surface area contributed by atoms with Crippen molar-refractivity contribution in [2.75, 3.05) is 19.7 Å². The average molecular weight is 254 g/mol. The molecule has 0 aromatic rings. The van der Waals surface area contributed by atoms with Crippen molar-refractivity contribution >= 4 is 23.1 Å². The van der Waals surface area contributed by atoms with Crippen molar-refractivity contribution in [3.63, 3.8) is 0 Å². The van der Waals surface area contributed by atoms with Crippen LogP contribution >= 0.6 is 12.2 Å². The molecule has 0 unspecified atom stereocenters. The first-order valence-electron chi connectivity index (χ1n) is 4.71. The van der Waals surface area contributed by atoms with E-state index in [1.54, 1.807) is 0 Å². The molecule has 0 bridgehead atoms. The maximum absolute atomic E-state index is 12.2. The van der Waals surface area contributed by atoms with Crippen LogP contribution in [0.15, 0.2) is 0 Å². The van der Waals surface area contributed by atoms with Crippen molar-refractivity contribution in [3.8, 4) is 0 Å². The van der Waals surface area contributed by atoms with E-state index in [1.807, 2.05) is 0 Å². The number of halogens is 2. The van der Waals surface area contributed by atoms with E-state index >= 15 is 0 Å². The predicted octanol–water partition coefficient (Wildman–Crippen LogP) is 0.385. The monoisotopic (exact) mass is 254 g/mol. The van der Waals surface area contributed by atoms with E-state index in [0.29, 0.717) is 0 Å². The molecule has 0 saturated heterocycles. The largest absolute Gasteiger partial charge is 0.395 e. The molecule has 7 heteroatoms. The molecule has 0 spiro atoms. The number of thiocarbonyl (C=S) groups is 1. The van der Waals surface area contributed by atoms with Gasteiger partial charge in [-0.1, -0.05) is 12.2 Å². The van der Waals surface area contributed by atoms with Crippen LogP contribution in [0.4, 0.5) is 8.78 Å². The van der Waals surface area contributed by atoms with Crippen LogP contribution in [0.1, 0.15) is 13.8 Å². The summed E-state index contributed by atoms with van der Waals surface area (Å²) in [6.45, 7) is 1.66. The second-order valence-electron chi connectivity index (χ2n) is 3.86. The standard InChI is InChI=1S/C9H16F2N2O2S/c1-9(2,7(12)16)8(15)13(3-4-14)5-6(10)11/h6,14H,3-5H2,1-2H3,(H2,12,16). The number of nitrogens with zero attached hydrogens (tertiary/aromatic N) is 1. The number of nitrogens with two attached hydrogens (primary N) is 1. The fourth-order valence-corrected chi connectivity index (χ4v) is 1.15. The van der Waals surface area contributed by atoms with E-state index in [4.69, 9.17) is 23.1 Å². The Morgan fingerprint density at radius 3 is 2.38 bits per heavy atom. The Balaban J connectivity index is 4.79. The first-order chi connectivity index (χ1) is 7.23. The number of rotatable bonds is 6. The number of carbonyl (C=O) groups is 1. The zero-order valence-electron chi connectivity index (χ0n) is 9.24. The zero-order chi connectivity index (χ0) is 12.9. The lowest BCUT2D eigenvalue weighted by atomic mass is 9.91. The zero-order valence-corrected chi connectivity index (χ0v) is 10.1. The van der Waals surface area contributed by atoms with Gasteiger partial charge in [-0.15, -0.1) is 0 Å².